The van der Waals surface area contributed by atoms with E-state index in [1.54, 1.807) is 0 Å². The standard InChI is InChI=1S/C3H7N.K/c1-2-4-3-1;/h4H,1-3H2;. The number of nitrogens with one attached hydrogen (secondary N) is 1. The maximum atomic E-state index is 3.11. The van der Waals surface area contributed by atoms with Gasteiger partial charge in [-0.3, -0.25) is 0 Å². The topological polar surface area (TPSA) is 12.0 Å². The first-order chi connectivity index (χ1) is 2.00. The fraction of sp³-hybridized carbons (Fsp3) is 1.00. The van der Waals surface area contributed by atoms with Crippen molar-refractivity contribution in [3.8, 4) is 0 Å². The Labute approximate surface area is 74.9 Å². The molecular weight excluding hydrogens is 89.1 g/mol. The predicted molar refractivity (Wildman–Crippen MR) is 23.2 cm³/mol. The number of hydrogen-bond donors (Lipinski definition) is 1. The van der Waals surface area contributed by atoms with Gasteiger partial charge < -0.3 is 5.32 Å². The first-order valence-corrected chi connectivity index (χ1v) is 1.71. The van der Waals surface area contributed by atoms with Crippen LogP contribution in [0.3, 0.4) is 0 Å². The molecule has 0 aliphatic carbocycles. The molecule has 1 aliphatic heterocycles. The summed E-state index contributed by atoms with van der Waals surface area (Å²) in [5, 5.41) is 3.11. The van der Waals surface area contributed by atoms with E-state index < -0.39 is 0 Å². The first-order valence-electron chi connectivity index (χ1n) is 1.71. The van der Waals surface area contributed by atoms with Gasteiger partial charge in [0.15, 0.2) is 0 Å². The minimum absolute atomic E-state index is 0. The van der Waals surface area contributed by atoms with Crippen LogP contribution in [0.15, 0.2) is 0 Å². The Kier molecular flexibility index (Phi) is 4.98. The van der Waals surface area contributed by atoms with E-state index in [1.165, 1.54) is 19.5 Å². The first kappa shape index (κ1) is 6.60. The zero-order valence-corrected chi connectivity index (χ0v) is 6.74. The molecule has 1 fully saturated rings. The van der Waals surface area contributed by atoms with Crippen molar-refractivity contribution in [2.24, 2.45) is 0 Å². The van der Waals surface area contributed by atoms with Crippen LogP contribution in [-0.2, 0) is 0 Å². The Hall–Kier alpha value is 1.60. The largest absolute Gasteiger partial charge is 0.317 e. The molecule has 5 heavy (non-hydrogen) atoms. The smallest absolute Gasteiger partial charge is 0 e. The Morgan fingerprint density at radius 2 is 1.40 bits per heavy atom. The molecule has 0 spiro atoms. The minimum atomic E-state index is 0. The van der Waals surface area contributed by atoms with Gasteiger partial charge in [0, 0.05) is 51.4 Å². The second kappa shape index (κ2) is 3.78. The van der Waals surface area contributed by atoms with Crippen molar-refractivity contribution in [3.63, 3.8) is 0 Å². The predicted octanol–water partition coefficient (Wildman–Crippen LogP) is -0.401. The van der Waals surface area contributed by atoms with Gasteiger partial charge in [0.2, 0.25) is 0 Å². The number of hydrogen-bond acceptors (Lipinski definition) is 1. The van der Waals surface area contributed by atoms with Crippen molar-refractivity contribution in [1.29, 1.82) is 0 Å². The van der Waals surface area contributed by atoms with Gasteiger partial charge in [0.05, 0.1) is 0 Å². The quantitative estimate of drug-likeness (QED) is 0.405. The summed E-state index contributed by atoms with van der Waals surface area (Å²) in [4.78, 5) is 0. The molecule has 0 amide bonds. The third kappa shape index (κ3) is 2.31. The molecule has 0 atom stereocenters. The van der Waals surface area contributed by atoms with Crippen molar-refractivity contribution in [3.05, 3.63) is 0 Å². The van der Waals surface area contributed by atoms with Gasteiger partial charge in [-0.15, -0.1) is 0 Å². The molecule has 0 aromatic rings. The van der Waals surface area contributed by atoms with E-state index in [9.17, 15) is 0 Å². The Balaban J connectivity index is 0.000000160. The van der Waals surface area contributed by atoms with Crippen molar-refractivity contribution < 1.29 is 0 Å². The molecule has 1 N–H and O–H groups in total. The van der Waals surface area contributed by atoms with E-state index in [4.69, 9.17) is 0 Å². The Morgan fingerprint density at radius 3 is 1.40 bits per heavy atom. The Bertz CT molecular complexity index is 14.9. The van der Waals surface area contributed by atoms with Crippen molar-refractivity contribution in [2.75, 3.05) is 13.1 Å². The summed E-state index contributed by atoms with van der Waals surface area (Å²) in [5.41, 5.74) is 0. The van der Waals surface area contributed by atoms with Crippen LogP contribution < -0.4 is 5.32 Å². The SMILES string of the molecule is C1CNC1.[K]. The van der Waals surface area contributed by atoms with E-state index in [0.717, 1.165) is 0 Å². The van der Waals surface area contributed by atoms with E-state index in [0.29, 0.717) is 0 Å². The third-order valence-corrected chi connectivity index (χ3v) is 0.707. The fourth-order valence-corrected chi connectivity index (χ4v) is 0.177. The van der Waals surface area contributed by atoms with Crippen LogP contribution in [0, 0.1) is 0 Å². The molecule has 0 aromatic carbocycles. The molecule has 1 nitrogen and oxygen atoms in total. The van der Waals surface area contributed by atoms with E-state index >= 15 is 0 Å². The monoisotopic (exact) mass is 96.0 g/mol. The average Bonchev–Trinajstić information content (AvgIpc) is 0.722. The molecule has 1 rings (SSSR count). The Morgan fingerprint density at radius 1 is 1.20 bits per heavy atom. The molecule has 0 saturated carbocycles. The molecule has 0 unspecified atom stereocenters. The van der Waals surface area contributed by atoms with Gasteiger partial charge >= 0.3 is 0 Å². The van der Waals surface area contributed by atoms with E-state index in [1.807, 2.05) is 0 Å². The van der Waals surface area contributed by atoms with Gasteiger partial charge in [-0.1, -0.05) is 0 Å². The van der Waals surface area contributed by atoms with Gasteiger partial charge in [0.1, 0.15) is 0 Å². The van der Waals surface area contributed by atoms with Crippen molar-refractivity contribution >= 4 is 51.4 Å². The van der Waals surface area contributed by atoms with Crippen molar-refractivity contribution in [2.45, 2.75) is 6.42 Å². The van der Waals surface area contributed by atoms with Crippen LogP contribution in [0.4, 0.5) is 0 Å². The van der Waals surface area contributed by atoms with Crippen LogP contribution in [0.2, 0.25) is 0 Å². The third-order valence-electron chi connectivity index (χ3n) is 0.707. The minimum Gasteiger partial charge on any atom is -0.317 e. The van der Waals surface area contributed by atoms with Crippen molar-refractivity contribution in [1.82, 2.24) is 5.32 Å². The van der Waals surface area contributed by atoms with Crippen LogP contribution in [0.5, 0.6) is 0 Å². The van der Waals surface area contributed by atoms with Crippen LogP contribution in [0.1, 0.15) is 6.42 Å². The molecule has 1 heterocycles. The summed E-state index contributed by atoms with van der Waals surface area (Å²) in [6.45, 7) is 2.50. The summed E-state index contributed by atoms with van der Waals surface area (Å²) in [6.07, 6.45) is 1.39. The fourth-order valence-electron chi connectivity index (χ4n) is 0.177. The van der Waals surface area contributed by atoms with Crippen LogP contribution >= 0.6 is 0 Å². The zero-order valence-electron chi connectivity index (χ0n) is 3.62. The zero-order chi connectivity index (χ0) is 2.83. The summed E-state index contributed by atoms with van der Waals surface area (Å²) in [7, 11) is 0. The molecular formula is C3H7KN. The van der Waals surface area contributed by atoms with Gasteiger partial charge in [-0.05, 0) is 19.5 Å². The molecule has 2 heteroatoms. The summed E-state index contributed by atoms with van der Waals surface area (Å²) in [6, 6.07) is 0. The van der Waals surface area contributed by atoms with Gasteiger partial charge in [0.25, 0.3) is 0 Å². The second-order valence-electron chi connectivity index (χ2n) is 1.10. The summed E-state index contributed by atoms with van der Waals surface area (Å²) >= 11 is 0. The summed E-state index contributed by atoms with van der Waals surface area (Å²) in [5.74, 6) is 0. The molecule has 25 valence electrons. The maximum Gasteiger partial charge on any atom is 0 e. The van der Waals surface area contributed by atoms with Gasteiger partial charge in [-0.25, -0.2) is 0 Å². The van der Waals surface area contributed by atoms with E-state index in [-0.39, 0.29) is 51.4 Å². The number of rotatable bonds is 0. The normalized spacial score (nSPS) is 19.2. The average molecular weight is 96.2 g/mol. The molecule has 1 saturated heterocycles. The van der Waals surface area contributed by atoms with Crippen LogP contribution in [0.25, 0.3) is 0 Å². The maximum absolute atomic E-state index is 3.11. The van der Waals surface area contributed by atoms with Gasteiger partial charge in [-0.2, -0.15) is 0 Å². The second-order valence-corrected chi connectivity index (χ2v) is 1.10. The van der Waals surface area contributed by atoms with E-state index in [2.05, 4.69) is 5.32 Å². The molecule has 0 aromatic heterocycles. The molecule has 1 radical (unpaired) electrons. The van der Waals surface area contributed by atoms with Crippen LogP contribution in [-0.4, -0.2) is 64.5 Å². The summed E-state index contributed by atoms with van der Waals surface area (Å²) < 4.78 is 0. The molecule has 1 aliphatic rings. The molecule has 0 bridgehead atoms.